The zero-order valence-corrected chi connectivity index (χ0v) is 16.6. The minimum atomic E-state index is -4.75. The SMILES string of the molecule is Cn1cc(CN2CC3(COCC(=O)N(Cc4cccc(OC(F)(F)F)c4)C3)C2)cn1. The predicted molar refractivity (Wildman–Crippen MR) is 100 cm³/mol. The van der Waals surface area contributed by atoms with Crippen LogP contribution in [-0.2, 0) is 29.7 Å². The molecule has 2 aliphatic rings. The van der Waals surface area contributed by atoms with Crippen molar-refractivity contribution in [3.8, 4) is 5.75 Å². The number of aryl methyl sites for hydroxylation is 1. The van der Waals surface area contributed by atoms with Gasteiger partial charge in [0.05, 0.1) is 12.8 Å². The molecule has 3 heterocycles. The van der Waals surface area contributed by atoms with Gasteiger partial charge in [0, 0.05) is 56.9 Å². The largest absolute Gasteiger partial charge is 0.573 e. The van der Waals surface area contributed by atoms with Crippen molar-refractivity contribution in [1.82, 2.24) is 19.6 Å². The number of benzene rings is 1. The first kappa shape index (κ1) is 20.7. The molecule has 0 N–H and O–H groups in total. The van der Waals surface area contributed by atoms with Gasteiger partial charge in [-0.15, -0.1) is 13.2 Å². The number of rotatable bonds is 5. The van der Waals surface area contributed by atoms with Crippen molar-refractivity contribution in [2.75, 3.05) is 32.8 Å². The molecule has 1 aromatic carbocycles. The number of nitrogens with zero attached hydrogens (tertiary/aromatic N) is 4. The first-order valence-electron chi connectivity index (χ1n) is 9.60. The number of likely N-dealkylation sites (tertiary alicyclic amines) is 1. The van der Waals surface area contributed by atoms with Gasteiger partial charge in [-0.25, -0.2) is 0 Å². The Morgan fingerprint density at radius 1 is 1.20 bits per heavy atom. The molecule has 2 aromatic rings. The van der Waals surface area contributed by atoms with E-state index in [0.29, 0.717) is 18.7 Å². The van der Waals surface area contributed by atoms with Crippen LogP contribution in [0.25, 0.3) is 0 Å². The van der Waals surface area contributed by atoms with Gasteiger partial charge in [-0.3, -0.25) is 14.4 Å². The Morgan fingerprint density at radius 2 is 2.00 bits per heavy atom. The molecule has 7 nitrogen and oxygen atoms in total. The molecule has 4 rings (SSSR count). The number of aromatic nitrogens is 2. The quantitative estimate of drug-likeness (QED) is 0.737. The fourth-order valence-electron chi connectivity index (χ4n) is 4.21. The Hall–Kier alpha value is -2.59. The summed E-state index contributed by atoms with van der Waals surface area (Å²) in [5.41, 5.74) is 1.53. The molecule has 0 unspecified atom stereocenters. The number of amides is 1. The van der Waals surface area contributed by atoms with Gasteiger partial charge in [-0.05, 0) is 17.7 Å². The van der Waals surface area contributed by atoms with Crippen molar-refractivity contribution < 1.29 is 27.4 Å². The third-order valence-corrected chi connectivity index (χ3v) is 5.30. The smallest absolute Gasteiger partial charge is 0.406 e. The van der Waals surface area contributed by atoms with E-state index in [9.17, 15) is 18.0 Å². The molecule has 10 heteroatoms. The average Bonchev–Trinajstić information content (AvgIpc) is 2.95. The van der Waals surface area contributed by atoms with E-state index in [1.807, 2.05) is 19.4 Å². The third kappa shape index (κ3) is 4.93. The van der Waals surface area contributed by atoms with Crippen molar-refractivity contribution >= 4 is 5.91 Å². The van der Waals surface area contributed by atoms with E-state index in [2.05, 4.69) is 14.7 Å². The summed E-state index contributed by atoms with van der Waals surface area (Å²) in [6.07, 6.45) is -0.945. The van der Waals surface area contributed by atoms with Crippen molar-refractivity contribution in [2.45, 2.75) is 19.5 Å². The average molecular weight is 424 g/mol. The van der Waals surface area contributed by atoms with Crippen LogP contribution in [0.4, 0.5) is 13.2 Å². The van der Waals surface area contributed by atoms with Crippen LogP contribution >= 0.6 is 0 Å². The number of ether oxygens (including phenoxy) is 2. The Bertz CT molecular complexity index is 909. The summed E-state index contributed by atoms with van der Waals surface area (Å²) in [4.78, 5) is 16.4. The van der Waals surface area contributed by atoms with Crippen molar-refractivity contribution in [2.24, 2.45) is 12.5 Å². The number of hydrogen-bond acceptors (Lipinski definition) is 5. The van der Waals surface area contributed by atoms with E-state index in [-0.39, 0.29) is 30.2 Å². The minimum Gasteiger partial charge on any atom is -0.406 e. The van der Waals surface area contributed by atoms with Crippen LogP contribution in [0.5, 0.6) is 5.75 Å². The summed E-state index contributed by atoms with van der Waals surface area (Å²) in [6, 6.07) is 5.73. The summed E-state index contributed by atoms with van der Waals surface area (Å²) in [5.74, 6) is -0.459. The van der Waals surface area contributed by atoms with Gasteiger partial charge in [0.1, 0.15) is 12.4 Å². The summed E-state index contributed by atoms with van der Waals surface area (Å²) >= 11 is 0. The van der Waals surface area contributed by atoms with Gasteiger partial charge in [-0.2, -0.15) is 5.10 Å². The predicted octanol–water partition coefficient (Wildman–Crippen LogP) is 2.18. The molecule has 2 saturated heterocycles. The second kappa shape index (κ2) is 7.92. The Kier molecular flexibility index (Phi) is 5.46. The maximum Gasteiger partial charge on any atom is 0.573 e. The molecule has 162 valence electrons. The third-order valence-electron chi connectivity index (χ3n) is 5.30. The summed E-state index contributed by atoms with van der Waals surface area (Å²) in [7, 11) is 1.87. The lowest BCUT2D eigenvalue weighted by Gasteiger charge is -2.50. The standard InChI is InChI=1S/C20H23F3N4O3/c1-25-7-16(6-24-25)8-26-11-19(12-26)13-27(18(28)10-29-14-19)9-15-3-2-4-17(5-15)30-20(21,22)23/h2-7H,8-14H2,1H3. The van der Waals surface area contributed by atoms with Crippen molar-refractivity contribution in [3.63, 3.8) is 0 Å². The van der Waals surface area contributed by atoms with Crippen LogP contribution in [-0.4, -0.2) is 64.7 Å². The molecule has 0 saturated carbocycles. The Balaban J connectivity index is 1.40. The summed E-state index contributed by atoms with van der Waals surface area (Å²) in [6.45, 7) is 3.51. The van der Waals surface area contributed by atoms with Crippen LogP contribution in [0.2, 0.25) is 0 Å². The van der Waals surface area contributed by atoms with E-state index >= 15 is 0 Å². The fraction of sp³-hybridized carbons (Fsp3) is 0.500. The fourth-order valence-corrected chi connectivity index (χ4v) is 4.21. The van der Waals surface area contributed by atoms with Gasteiger partial charge in [0.25, 0.3) is 0 Å². The van der Waals surface area contributed by atoms with Gasteiger partial charge in [0.15, 0.2) is 0 Å². The lowest BCUT2D eigenvalue weighted by molar-refractivity contribution is -0.274. The highest BCUT2D eigenvalue weighted by Gasteiger charge is 2.46. The van der Waals surface area contributed by atoms with Crippen LogP contribution in [0.1, 0.15) is 11.1 Å². The maximum atomic E-state index is 12.5. The first-order valence-corrected chi connectivity index (χ1v) is 9.60. The van der Waals surface area contributed by atoms with Gasteiger partial charge in [0.2, 0.25) is 5.91 Å². The summed E-state index contributed by atoms with van der Waals surface area (Å²) < 4.78 is 48.8. The van der Waals surface area contributed by atoms with Crippen molar-refractivity contribution in [1.29, 1.82) is 0 Å². The van der Waals surface area contributed by atoms with E-state index in [1.165, 1.54) is 18.2 Å². The van der Waals surface area contributed by atoms with Crippen LogP contribution in [0.3, 0.4) is 0 Å². The highest BCUT2D eigenvalue weighted by Crippen LogP contribution is 2.35. The maximum absolute atomic E-state index is 12.5. The monoisotopic (exact) mass is 424 g/mol. The lowest BCUT2D eigenvalue weighted by Crippen LogP contribution is -2.61. The minimum absolute atomic E-state index is 0.0247. The second-order valence-corrected chi connectivity index (χ2v) is 8.11. The lowest BCUT2D eigenvalue weighted by atomic mass is 9.79. The molecule has 1 amide bonds. The zero-order valence-electron chi connectivity index (χ0n) is 16.6. The molecule has 0 atom stereocenters. The molecular formula is C20H23F3N4O3. The van der Waals surface area contributed by atoms with Crippen LogP contribution in [0, 0.1) is 5.41 Å². The molecule has 30 heavy (non-hydrogen) atoms. The highest BCUT2D eigenvalue weighted by atomic mass is 19.4. The van der Waals surface area contributed by atoms with E-state index in [0.717, 1.165) is 25.2 Å². The van der Waals surface area contributed by atoms with E-state index in [1.54, 1.807) is 15.6 Å². The second-order valence-electron chi connectivity index (χ2n) is 8.11. The topological polar surface area (TPSA) is 59.8 Å². The summed E-state index contributed by atoms with van der Waals surface area (Å²) in [5, 5.41) is 4.18. The molecule has 0 radical (unpaired) electrons. The molecule has 1 spiro atoms. The number of carbonyl (C=O) groups is 1. The van der Waals surface area contributed by atoms with Gasteiger partial charge >= 0.3 is 6.36 Å². The van der Waals surface area contributed by atoms with E-state index < -0.39 is 6.36 Å². The molecule has 2 fully saturated rings. The number of halogens is 3. The first-order chi connectivity index (χ1) is 14.2. The molecular weight excluding hydrogens is 401 g/mol. The number of hydrogen-bond donors (Lipinski definition) is 0. The number of carbonyl (C=O) groups excluding carboxylic acids is 1. The van der Waals surface area contributed by atoms with Crippen LogP contribution < -0.4 is 4.74 Å². The normalized spacial score (nSPS) is 19.6. The highest BCUT2D eigenvalue weighted by molar-refractivity contribution is 5.77. The number of alkyl halides is 3. The van der Waals surface area contributed by atoms with Gasteiger partial charge < -0.3 is 14.4 Å². The van der Waals surface area contributed by atoms with Crippen LogP contribution in [0.15, 0.2) is 36.7 Å². The molecule has 0 bridgehead atoms. The Morgan fingerprint density at radius 3 is 2.70 bits per heavy atom. The van der Waals surface area contributed by atoms with E-state index in [4.69, 9.17) is 4.74 Å². The molecule has 2 aliphatic heterocycles. The van der Waals surface area contributed by atoms with Crippen molar-refractivity contribution in [3.05, 3.63) is 47.8 Å². The Labute approximate surface area is 172 Å². The zero-order chi connectivity index (χ0) is 21.4. The van der Waals surface area contributed by atoms with Gasteiger partial charge in [-0.1, -0.05) is 12.1 Å². The molecule has 1 aromatic heterocycles. The molecule has 0 aliphatic carbocycles.